The van der Waals surface area contributed by atoms with Crippen LogP contribution in [0.5, 0.6) is 17.2 Å². The van der Waals surface area contributed by atoms with Crippen molar-refractivity contribution in [2.45, 2.75) is 6.54 Å². The van der Waals surface area contributed by atoms with E-state index in [-0.39, 0.29) is 18.3 Å². The molecule has 0 aromatic heterocycles. The molecule has 3 rings (SSSR count). The molecule has 3 N–H and O–H groups in total. The van der Waals surface area contributed by atoms with Crippen LogP contribution >= 0.6 is 0 Å². The molecular formula is C24H21FN2O4. The fraction of sp³-hybridized carbons (Fsp3) is 0.0833. The molecule has 6 nitrogen and oxygen atoms in total. The van der Waals surface area contributed by atoms with Crippen LogP contribution in [0.25, 0.3) is 6.08 Å². The van der Waals surface area contributed by atoms with Gasteiger partial charge >= 0.3 is 0 Å². The van der Waals surface area contributed by atoms with Gasteiger partial charge in [0.25, 0.3) is 5.91 Å². The summed E-state index contributed by atoms with van der Waals surface area (Å²) in [6, 6.07) is 19.9. The molecular weight excluding hydrogens is 399 g/mol. The number of hydrogen-bond acceptors (Lipinski definition) is 4. The SMILES string of the molecule is NC(=O)COc1ccc(/C=C/C(=O)NCc2ccc(Oc3ccc(F)cc3)cc2)cc1. The second-order valence-corrected chi connectivity index (χ2v) is 6.58. The zero-order chi connectivity index (χ0) is 22.1. The van der Waals surface area contributed by atoms with E-state index >= 15 is 0 Å². The molecule has 0 aliphatic rings. The maximum atomic E-state index is 12.9. The lowest BCUT2D eigenvalue weighted by Gasteiger charge is -2.07. The number of benzene rings is 3. The molecule has 3 aromatic rings. The summed E-state index contributed by atoms with van der Waals surface area (Å²) in [5.74, 6) is 0.576. The molecule has 0 aliphatic carbocycles. The monoisotopic (exact) mass is 420 g/mol. The van der Waals surface area contributed by atoms with Crippen LogP contribution in [0.1, 0.15) is 11.1 Å². The van der Waals surface area contributed by atoms with Gasteiger partial charge in [-0.05, 0) is 65.7 Å². The van der Waals surface area contributed by atoms with Gasteiger partial charge < -0.3 is 20.5 Å². The lowest BCUT2D eigenvalue weighted by molar-refractivity contribution is -0.120. The summed E-state index contributed by atoms with van der Waals surface area (Å²) in [5, 5.41) is 2.80. The first kappa shape index (κ1) is 21.6. The largest absolute Gasteiger partial charge is 0.484 e. The molecule has 0 saturated heterocycles. The second-order valence-electron chi connectivity index (χ2n) is 6.58. The van der Waals surface area contributed by atoms with Crippen LogP contribution in [0, 0.1) is 5.82 Å². The van der Waals surface area contributed by atoms with Crippen molar-refractivity contribution in [1.82, 2.24) is 5.32 Å². The van der Waals surface area contributed by atoms with E-state index in [4.69, 9.17) is 15.2 Å². The van der Waals surface area contributed by atoms with Crippen LogP contribution in [-0.2, 0) is 16.1 Å². The first-order valence-electron chi connectivity index (χ1n) is 9.47. The van der Waals surface area contributed by atoms with Crippen molar-refractivity contribution >= 4 is 17.9 Å². The number of hydrogen-bond donors (Lipinski definition) is 2. The van der Waals surface area contributed by atoms with Crippen LogP contribution in [0.15, 0.2) is 78.9 Å². The van der Waals surface area contributed by atoms with E-state index in [0.717, 1.165) is 11.1 Å². The first-order chi connectivity index (χ1) is 15.0. The highest BCUT2D eigenvalue weighted by Gasteiger charge is 2.01. The molecule has 0 fully saturated rings. The van der Waals surface area contributed by atoms with Crippen molar-refractivity contribution in [2.24, 2.45) is 5.73 Å². The minimum Gasteiger partial charge on any atom is -0.484 e. The van der Waals surface area contributed by atoms with Gasteiger partial charge in [-0.3, -0.25) is 9.59 Å². The van der Waals surface area contributed by atoms with Gasteiger partial charge in [-0.25, -0.2) is 4.39 Å². The Labute approximate surface area is 179 Å². The van der Waals surface area contributed by atoms with E-state index in [9.17, 15) is 14.0 Å². The zero-order valence-electron chi connectivity index (χ0n) is 16.6. The van der Waals surface area contributed by atoms with E-state index < -0.39 is 5.91 Å². The molecule has 0 aliphatic heterocycles. The number of halogens is 1. The molecule has 7 heteroatoms. The van der Waals surface area contributed by atoms with Crippen LogP contribution in [0.3, 0.4) is 0 Å². The predicted molar refractivity (Wildman–Crippen MR) is 115 cm³/mol. The summed E-state index contributed by atoms with van der Waals surface area (Å²) in [5.41, 5.74) is 6.74. The Kier molecular flexibility index (Phi) is 7.37. The average molecular weight is 420 g/mol. The highest BCUT2D eigenvalue weighted by atomic mass is 19.1. The predicted octanol–water partition coefficient (Wildman–Crippen LogP) is 3.81. The summed E-state index contributed by atoms with van der Waals surface area (Å²) in [6.07, 6.45) is 3.11. The molecule has 2 amide bonds. The van der Waals surface area contributed by atoms with Crippen molar-refractivity contribution in [3.8, 4) is 17.2 Å². The Morgan fingerprint density at radius 1 is 0.871 bits per heavy atom. The molecule has 0 radical (unpaired) electrons. The van der Waals surface area contributed by atoms with Crippen LogP contribution in [-0.4, -0.2) is 18.4 Å². The standard InChI is InChI=1S/C24H21FN2O4/c25-19-6-12-22(13-7-19)31-21-10-3-18(4-11-21)15-27-24(29)14-5-17-1-8-20(9-2-17)30-16-23(26)28/h1-14H,15-16H2,(H2,26,28)(H,27,29)/b14-5+. The van der Waals surface area contributed by atoms with E-state index in [2.05, 4.69) is 5.32 Å². The quantitative estimate of drug-likeness (QED) is 0.515. The minimum atomic E-state index is -0.546. The van der Waals surface area contributed by atoms with E-state index in [1.165, 1.54) is 18.2 Å². The first-order valence-corrected chi connectivity index (χ1v) is 9.47. The molecule has 0 bridgehead atoms. The number of rotatable bonds is 9. The van der Waals surface area contributed by atoms with E-state index in [1.807, 2.05) is 12.1 Å². The Morgan fingerprint density at radius 2 is 1.45 bits per heavy atom. The van der Waals surface area contributed by atoms with Crippen LogP contribution in [0.2, 0.25) is 0 Å². The fourth-order valence-electron chi connectivity index (χ4n) is 2.56. The van der Waals surface area contributed by atoms with Crippen LogP contribution < -0.4 is 20.5 Å². The highest BCUT2D eigenvalue weighted by Crippen LogP contribution is 2.21. The average Bonchev–Trinajstić information content (AvgIpc) is 2.78. The summed E-state index contributed by atoms with van der Waals surface area (Å²) in [4.78, 5) is 22.7. The van der Waals surface area contributed by atoms with Crippen molar-refractivity contribution in [3.05, 3.63) is 95.8 Å². The molecule has 0 spiro atoms. The van der Waals surface area contributed by atoms with Crippen molar-refractivity contribution in [3.63, 3.8) is 0 Å². The van der Waals surface area contributed by atoms with Gasteiger partial charge in [0.05, 0.1) is 0 Å². The van der Waals surface area contributed by atoms with Gasteiger partial charge in [0, 0.05) is 12.6 Å². The smallest absolute Gasteiger partial charge is 0.255 e. The fourth-order valence-corrected chi connectivity index (χ4v) is 2.56. The van der Waals surface area contributed by atoms with Gasteiger partial charge in [0.15, 0.2) is 6.61 Å². The summed E-state index contributed by atoms with van der Waals surface area (Å²) < 4.78 is 23.8. The van der Waals surface area contributed by atoms with Crippen LogP contribution in [0.4, 0.5) is 4.39 Å². The maximum Gasteiger partial charge on any atom is 0.255 e. The Hall–Kier alpha value is -4.13. The Bertz CT molecular complexity index is 1050. The van der Waals surface area contributed by atoms with Gasteiger partial charge in [0.2, 0.25) is 5.91 Å². The number of nitrogens with one attached hydrogen (secondary N) is 1. The van der Waals surface area contributed by atoms with Gasteiger partial charge in [0.1, 0.15) is 23.1 Å². The number of carbonyl (C=O) groups is 2. The number of amides is 2. The maximum absolute atomic E-state index is 12.9. The topological polar surface area (TPSA) is 90.7 Å². The highest BCUT2D eigenvalue weighted by molar-refractivity contribution is 5.91. The lowest BCUT2D eigenvalue weighted by atomic mass is 10.2. The van der Waals surface area contributed by atoms with Crippen molar-refractivity contribution < 1.29 is 23.5 Å². The molecule has 0 unspecified atom stereocenters. The van der Waals surface area contributed by atoms with Crippen molar-refractivity contribution in [2.75, 3.05) is 6.61 Å². The summed E-state index contributed by atoms with van der Waals surface area (Å²) in [6.45, 7) is 0.177. The summed E-state index contributed by atoms with van der Waals surface area (Å²) in [7, 11) is 0. The Morgan fingerprint density at radius 3 is 2.06 bits per heavy atom. The molecule has 158 valence electrons. The number of nitrogens with two attached hydrogens (primary N) is 1. The molecule has 3 aromatic carbocycles. The summed E-state index contributed by atoms with van der Waals surface area (Å²) >= 11 is 0. The van der Waals surface area contributed by atoms with Gasteiger partial charge in [-0.15, -0.1) is 0 Å². The number of carbonyl (C=O) groups excluding carboxylic acids is 2. The van der Waals surface area contributed by atoms with E-state index in [1.54, 1.807) is 54.6 Å². The molecule has 0 heterocycles. The third-order valence-electron chi connectivity index (χ3n) is 4.13. The molecule has 0 atom stereocenters. The minimum absolute atomic E-state index is 0.184. The third-order valence-corrected chi connectivity index (χ3v) is 4.13. The van der Waals surface area contributed by atoms with Gasteiger partial charge in [-0.2, -0.15) is 0 Å². The second kappa shape index (κ2) is 10.6. The molecule has 31 heavy (non-hydrogen) atoms. The third kappa shape index (κ3) is 7.32. The zero-order valence-corrected chi connectivity index (χ0v) is 16.6. The number of ether oxygens (including phenoxy) is 2. The van der Waals surface area contributed by atoms with Gasteiger partial charge in [-0.1, -0.05) is 24.3 Å². The molecule has 0 saturated carbocycles. The normalized spacial score (nSPS) is 10.6. The number of primary amides is 1. The lowest BCUT2D eigenvalue weighted by Crippen LogP contribution is -2.20. The van der Waals surface area contributed by atoms with E-state index in [0.29, 0.717) is 23.8 Å². The van der Waals surface area contributed by atoms with Crippen molar-refractivity contribution in [1.29, 1.82) is 0 Å². The Balaban J connectivity index is 1.45.